The molecule has 1 aliphatic heterocycles. The van der Waals surface area contributed by atoms with Crippen LogP contribution in [0.1, 0.15) is 12.6 Å². The highest BCUT2D eigenvalue weighted by molar-refractivity contribution is 8.31. The van der Waals surface area contributed by atoms with E-state index in [0.29, 0.717) is 34.8 Å². The van der Waals surface area contributed by atoms with Gasteiger partial charge in [-0.25, -0.2) is 4.39 Å². The number of aromatic nitrogens is 3. The van der Waals surface area contributed by atoms with Crippen molar-refractivity contribution in [1.82, 2.24) is 14.5 Å². The second-order valence-electron chi connectivity index (χ2n) is 5.45. The van der Waals surface area contributed by atoms with Crippen LogP contribution in [-0.4, -0.2) is 32.0 Å². The average molecular weight is 357 g/mol. The number of rotatable bonds is 5. The van der Waals surface area contributed by atoms with Gasteiger partial charge in [0.15, 0.2) is 5.82 Å². The van der Waals surface area contributed by atoms with Crippen molar-refractivity contribution < 1.29 is 4.39 Å². The zero-order valence-electron chi connectivity index (χ0n) is 12.8. The van der Waals surface area contributed by atoms with E-state index in [0.717, 1.165) is 0 Å². The van der Waals surface area contributed by atoms with E-state index in [1.165, 1.54) is 0 Å². The summed E-state index contributed by atoms with van der Waals surface area (Å²) in [7, 11) is 1.26. The van der Waals surface area contributed by atoms with Gasteiger partial charge in [-0.3, -0.25) is 4.99 Å². The summed E-state index contributed by atoms with van der Waals surface area (Å²) in [6.45, 7) is 1.84. The SMILES string of the molecule is C[C@H](N)Cc1c(F)c2c(NC[SH]3C=CN=C3)nc(Cl)nc2n1C. The van der Waals surface area contributed by atoms with Crippen LogP contribution >= 0.6 is 22.5 Å². The lowest BCUT2D eigenvalue weighted by Crippen LogP contribution is -2.20. The van der Waals surface area contributed by atoms with Crippen molar-refractivity contribution in [2.45, 2.75) is 19.4 Å². The molecule has 0 saturated heterocycles. The number of halogens is 2. The molecule has 0 amide bonds. The molecule has 1 aliphatic rings. The Morgan fingerprint density at radius 2 is 2.26 bits per heavy atom. The van der Waals surface area contributed by atoms with Crippen molar-refractivity contribution in [3.05, 3.63) is 28.4 Å². The third-order valence-corrected chi connectivity index (χ3v) is 5.20. The molecule has 0 fully saturated rings. The Kier molecular flexibility index (Phi) is 4.56. The summed E-state index contributed by atoms with van der Waals surface area (Å²) >= 11 is 6.00. The van der Waals surface area contributed by atoms with Crippen molar-refractivity contribution in [1.29, 1.82) is 0 Å². The number of fused-ring (bicyclic) bond motifs is 1. The Hall–Kier alpha value is -1.64. The normalized spacial score (nSPS) is 19.6. The van der Waals surface area contributed by atoms with Gasteiger partial charge in [0.25, 0.3) is 0 Å². The number of nitrogens with two attached hydrogens (primary N) is 1. The van der Waals surface area contributed by atoms with Crippen LogP contribution in [0, 0.1) is 5.82 Å². The van der Waals surface area contributed by atoms with Gasteiger partial charge in [0.2, 0.25) is 5.28 Å². The third kappa shape index (κ3) is 3.19. The molecule has 0 spiro atoms. The Morgan fingerprint density at radius 3 is 2.91 bits per heavy atom. The number of nitrogens with one attached hydrogen (secondary N) is 1. The fraction of sp³-hybridized carbons (Fsp3) is 0.357. The fourth-order valence-electron chi connectivity index (χ4n) is 2.49. The maximum absolute atomic E-state index is 14.9. The number of nitrogens with zero attached hydrogens (tertiary/aromatic N) is 4. The Balaban J connectivity index is 2.02. The zero-order chi connectivity index (χ0) is 16.6. The molecule has 2 aromatic heterocycles. The number of hydrogen-bond donors (Lipinski definition) is 3. The highest BCUT2D eigenvalue weighted by Crippen LogP contribution is 2.32. The van der Waals surface area contributed by atoms with Gasteiger partial charge in [0, 0.05) is 31.3 Å². The fourth-order valence-corrected chi connectivity index (χ4v) is 3.75. The van der Waals surface area contributed by atoms with E-state index in [9.17, 15) is 4.39 Å². The molecule has 3 rings (SSSR count). The molecule has 0 saturated carbocycles. The van der Waals surface area contributed by atoms with E-state index in [2.05, 4.69) is 20.3 Å². The minimum Gasteiger partial charge on any atom is -0.361 e. The lowest BCUT2D eigenvalue weighted by atomic mass is 10.2. The quantitative estimate of drug-likeness (QED) is 0.568. The van der Waals surface area contributed by atoms with Crippen LogP contribution < -0.4 is 11.1 Å². The lowest BCUT2D eigenvalue weighted by Gasteiger charge is -2.11. The Bertz CT molecular complexity index is 788. The zero-order valence-corrected chi connectivity index (χ0v) is 14.4. The summed E-state index contributed by atoms with van der Waals surface area (Å²) in [6, 6.07) is -0.157. The second kappa shape index (κ2) is 6.46. The van der Waals surface area contributed by atoms with Crippen molar-refractivity contribution >= 4 is 44.9 Å². The van der Waals surface area contributed by atoms with Crippen molar-refractivity contribution in [2.24, 2.45) is 17.8 Å². The summed E-state index contributed by atoms with van der Waals surface area (Å²) < 4.78 is 16.6. The molecular weight excluding hydrogens is 339 g/mol. The van der Waals surface area contributed by atoms with Gasteiger partial charge in [-0.15, -0.1) is 0 Å². The highest BCUT2D eigenvalue weighted by atomic mass is 35.5. The van der Waals surface area contributed by atoms with E-state index < -0.39 is 10.9 Å². The van der Waals surface area contributed by atoms with Crippen molar-refractivity contribution in [3.8, 4) is 0 Å². The molecule has 2 aromatic rings. The van der Waals surface area contributed by atoms with Crippen LogP contribution in [0.3, 0.4) is 0 Å². The molecule has 9 heteroatoms. The summed E-state index contributed by atoms with van der Waals surface area (Å²) in [5.41, 5.74) is 8.66. The van der Waals surface area contributed by atoms with Crippen LogP contribution in [0.5, 0.6) is 0 Å². The van der Waals surface area contributed by atoms with E-state index in [4.69, 9.17) is 17.3 Å². The molecule has 0 aliphatic carbocycles. The number of aryl methyl sites for hydroxylation is 1. The molecule has 6 nitrogen and oxygen atoms in total. The molecule has 0 bridgehead atoms. The molecule has 0 aromatic carbocycles. The second-order valence-corrected chi connectivity index (χ2v) is 7.66. The summed E-state index contributed by atoms with van der Waals surface area (Å²) in [6.07, 6.45) is 2.18. The molecule has 3 heterocycles. The van der Waals surface area contributed by atoms with Crippen LogP contribution in [-0.2, 0) is 13.5 Å². The first kappa shape index (κ1) is 16.2. The van der Waals surface area contributed by atoms with E-state index in [1.54, 1.807) is 17.8 Å². The number of anilines is 1. The Morgan fingerprint density at radius 1 is 1.48 bits per heavy atom. The molecular formula is C14H18ClFN6S. The first-order chi connectivity index (χ1) is 11.0. The number of hydrogen-bond acceptors (Lipinski definition) is 5. The van der Waals surface area contributed by atoms with Gasteiger partial charge in [-0.1, -0.05) is 0 Å². The highest BCUT2D eigenvalue weighted by Gasteiger charge is 2.22. The molecule has 0 radical (unpaired) electrons. The summed E-state index contributed by atoms with van der Waals surface area (Å²) in [5.74, 6) is 0.678. The maximum atomic E-state index is 14.9. The van der Waals surface area contributed by atoms with Gasteiger partial charge >= 0.3 is 0 Å². The minimum atomic E-state index is -0.494. The van der Waals surface area contributed by atoms with Crippen LogP contribution in [0.15, 0.2) is 16.6 Å². The average Bonchev–Trinajstić information content (AvgIpc) is 3.08. The Labute approximate surface area is 141 Å². The minimum absolute atomic E-state index is 0.0800. The van der Waals surface area contributed by atoms with Gasteiger partial charge in [0.1, 0.15) is 11.5 Å². The van der Waals surface area contributed by atoms with E-state index >= 15 is 0 Å². The van der Waals surface area contributed by atoms with E-state index in [1.807, 2.05) is 17.9 Å². The molecule has 124 valence electrons. The van der Waals surface area contributed by atoms with Gasteiger partial charge < -0.3 is 15.6 Å². The van der Waals surface area contributed by atoms with Gasteiger partial charge in [-0.05, 0) is 23.9 Å². The van der Waals surface area contributed by atoms with Gasteiger partial charge in [0.05, 0.1) is 17.0 Å². The first-order valence-corrected chi connectivity index (χ1v) is 9.17. The summed E-state index contributed by atoms with van der Waals surface area (Å²) in [4.78, 5) is 12.4. The first-order valence-electron chi connectivity index (χ1n) is 7.13. The van der Waals surface area contributed by atoms with Crippen LogP contribution in [0.25, 0.3) is 11.0 Å². The largest absolute Gasteiger partial charge is 0.361 e. The molecule has 23 heavy (non-hydrogen) atoms. The smallest absolute Gasteiger partial charge is 0.226 e. The third-order valence-electron chi connectivity index (χ3n) is 3.56. The lowest BCUT2D eigenvalue weighted by molar-refractivity contribution is 0.586. The molecule has 2 atom stereocenters. The van der Waals surface area contributed by atoms with E-state index in [-0.39, 0.29) is 17.1 Å². The topological polar surface area (TPSA) is 81.1 Å². The van der Waals surface area contributed by atoms with Crippen LogP contribution in [0.2, 0.25) is 5.28 Å². The van der Waals surface area contributed by atoms with Crippen molar-refractivity contribution in [2.75, 3.05) is 11.2 Å². The summed E-state index contributed by atoms with van der Waals surface area (Å²) in [5, 5.41) is 5.62. The molecule has 3 N–H and O–H groups in total. The monoisotopic (exact) mass is 356 g/mol. The predicted molar refractivity (Wildman–Crippen MR) is 95.9 cm³/mol. The van der Waals surface area contributed by atoms with Crippen molar-refractivity contribution in [3.63, 3.8) is 0 Å². The maximum Gasteiger partial charge on any atom is 0.226 e. The number of aliphatic imine (C=N–C) groups is 1. The standard InChI is InChI=1S/C14H18ClFN6S/c1-8(17)5-9-11(16)10-12(19-7-23-4-3-18-6-23)20-14(15)21-13(10)22(9)2/h3-4,6,8,23H,5,7,17H2,1-2H3,(H,19,20,21)/t8-/m0/s1. The predicted octanol–water partition coefficient (Wildman–Crippen LogP) is 2.53. The molecule has 1 unspecified atom stereocenters. The van der Waals surface area contributed by atoms with Gasteiger partial charge in [-0.2, -0.15) is 20.9 Å². The van der Waals surface area contributed by atoms with Crippen LogP contribution in [0.4, 0.5) is 10.2 Å². The number of thiol groups is 1.